The van der Waals surface area contributed by atoms with Crippen LogP contribution in [0.3, 0.4) is 0 Å². The molecule has 0 spiro atoms. The molecule has 1 rings (SSSR count). The Kier molecular flexibility index (Phi) is 18.7. The van der Waals surface area contributed by atoms with Crippen LogP contribution in [0, 0.1) is 17.3 Å². The van der Waals surface area contributed by atoms with E-state index in [0.717, 1.165) is 31.2 Å². The number of Topliss-reactive ketones (excluding diaryl/α,β-unsaturated/α-hetero) is 1. The van der Waals surface area contributed by atoms with Gasteiger partial charge in [0.05, 0.1) is 24.7 Å². The Bertz CT molecular complexity index is 1480. The van der Waals surface area contributed by atoms with Crippen molar-refractivity contribution in [3.63, 3.8) is 0 Å². The van der Waals surface area contributed by atoms with Gasteiger partial charge in [-0.3, -0.25) is 14.6 Å². The van der Waals surface area contributed by atoms with Crippen molar-refractivity contribution in [1.29, 1.82) is 0 Å². The second kappa shape index (κ2) is 20.0. The van der Waals surface area contributed by atoms with Crippen LogP contribution in [0.25, 0.3) is 6.08 Å². The normalized spacial score (nSPS) is 17.3. The van der Waals surface area contributed by atoms with Crippen LogP contribution in [0.2, 0.25) is 54.4 Å². The molecule has 0 radical (unpaired) electrons. The van der Waals surface area contributed by atoms with Crippen LogP contribution in [0.5, 0.6) is 0 Å². The Morgan fingerprint density at radius 1 is 0.804 bits per heavy atom. The molecule has 0 fully saturated rings. The van der Waals surface area contributed by atoms with E-state index >= 15 is 0 Å². The van der Waals surface area contributed by atoms with Crippen molar-refractivity contribution in [3.8, 4) is 0 Å². The lowest BCUT2D eigenvalue weighted by atomic mass is 9.73. The van der Waals surface area contributed by atoms with Crippen LogP contribution in [0.4, 0.5) is 0 Å². The Balaban J connectivity index is 3.37. The van der Waals surface area contributed by atoms with Crippen molar-refractivity contribution in [1.82, 2.24) is 4.98 Å². The molecule has 1 aromatic heterocycles. The monoisotopic (exact) mass is 832 g/mol. The fourth-order valence-corrected chi connectivity index (χ4v) is 10.5. The molecule has 0 bridgehead atoms. The van der Waals surface area contributed by atoms with E-state index in [-0.39, 0.29) is 45.4 Å². The maximum Gasteiger partial charge on any atom is 0.305 e. The molecule has 5 atom stereocenters. The molecule has 1 aromatic rings. The number of carbonyl (C=O) groups is 2. The summed E-state index contributed by atoms with van der Waals surface area (Å²) in [5.74, 6) is -1.26. The van der Waals surface area contributed by atoms with Crippen molar-refractivity contribution < 1.29 is 28.0 Å². The lowest BCUT2D eigenvalue weighted by molar-refractivity contribution is -0.146. The molecular weight excluding hydrogens is 747 g/mol. The molecule has 0 aromatic carbocycles. The van der Waals surface area contributed by atoms with Crippen LogP contribution < -0.4 is 0 Å². The number of hydrogen-bond acceptors (Lipinski definition) is 6. The van der Waals surface area contributed by atoms with Crippen LogP contribution in [0.15, 0.2) is 41.7 Å². The lowest BCUT2D eigenvalue weighted by Gasteiger charge is -2.46. The molecule has 56 heavy (non-hydrogen) atoms. The first-order valence-electron chi connectivity index (χ1n) is 21.1. The molecule has 1 N–H and O–H groups in total. The smallest absolute Gasteiger partial charge is 0.305 e. The molecule has 0 aliphatic heterocycles. The van der Waals surface area contributed by atoms with Gasteiger partial charge in [0.1, 0.15) is 5.78 Å². The van der Waals surface area contributed by atoms with Crippen LogP contribution in [-0.2, 0) is 22.9 Å². The minimum Gasteiger partial charge on any atom is -0.481 e. The predicted molar refractivity (Wildman–Crippen MR) is 246 cm³/mol. The van der Waals surface area contributed by atoms with Gasteiger partial charge in [0.15, 0.2) is 25.0 Å². The Hall–Kier alpha value is -1.70. The number of carbonyl (C=O) groups excluding carboxylic acids is 1. The average Bonchev–Trinajstić information content (AvgIpc) is 3.02. The number of hydrogen-bond donors (Lipinski definition) is 1. The number of pyridine rings is 1. The second-order valence-corrected chi connectivity index (χ2v) is 36.1. The summed E-state index contributed by atoms with van der Waals surface area (Å²) in [7, 11) is -6.69. The second-order valence-electron chi connectivity index (χ2n) is 21.9. The first-order chi connectivity index (χ1) is 25.1. The zero-order valence-electron chi connectivity index (χ0n) is 39.8. The third-order valence-corrected chi connectivity index (χ3v) is 26.9. The number of nitrogens with zero attached hydrogens (tertiary/aromatic N) is 1. The van der Waals surface area contributed by atoms with Crippen molar-refractivity contribution in [3.05, 3.63) is 47.3 Å². The first kappa shape index (κ1) is 52.3. The maximum absolute atomic E-state index is 14.7. The number of allylic oxidation sites excluding steroid dienone is 1. The zero-order chi connectivity index (χ0) is 43.9. The van der Waals surface area contributed by atoms with E-state index in [4.69, 9.17) is 13.3 Å². The van der Waals surface area contributed by atoms with Gasteiger partial charge in [0.2, 0.25) is 0 Å². The van der Waals surface area contributed by atoms with E-state index < -0.39 is 48.4 Å². The van der Waals surface area contributed by atoms with E-state index in [1.54, 1.807) is 6.20 Å². The maximum atomic E-state index is 14.7. The molecule has 0 aliphatic rings. The Morgan fingerprint density at radius 3 is 1.77 bits per heavy atom. The number of aromatic nitrogens is 1. The van der Waals surface area contributed by atoms with Crippen molar-refractivity contribution in [2.75, 3.05) is 0 Å². The third-order valence-electron chi connectivity index (χ3n) is 13.5. The fourth-order valence-electron chi connectivity index (χ4n) is 6.21. The largest absolute Gasteiger partial charge is 0.481 e. The molecule has 0 saturated carbocycles. The molecule has 1 heterocycles. The minimum atomic E-state index is -2.38. The molecule has 7 nitrogen and oxygen atoms in total. The first-order valence-corrected chi connectivity index (χ1v) is 29.8. The van der Waals surface area contributed by atoms with Gasteiger partial charge in [-0.05, 0) is 117 Å². The highest BCUT2D eigenvalue weighted by Crippen LogP contribution is 2.44. The average molecular weight is 832 g/mol. The summed E-state index contributed by atoms with van der Waals surface area (Å²) in [6.07, 6.45) is 10.6. The van der Waals surface area contributed by atoms with Crippen molar-refractivity contribution in [2.24, 2.45) is 17.3 Å². The molecule has 0 aliphatic carbocycles. The van der Waals surface area contributed by atoms with Crippen molar-refractivity contribution >= 4 is 42.8 Å². The number of carboxylic acid groups (broad SMARTS) is 1. The number of ketones is 1. The Labute approximate surface area is 347 Å². The van der Waals surface area contributed by atoms with Gasteiger partial charge in [0.25, 0.3) is 0 Å². The SMILES string of the molecule is CC(=CC[C@H](O[Si](C)(C)C(C)(C)C)C(C)=Cc1cccnc1)CCC[C@H](C)[C@H](O[Si](C)(C)C(C)(C)C)[C@@H](C)C(=O)C(C)(C)[C@H](CC(=O)O)O[Si](C)(C)C(C)(C)C. The summed E-state index contributed by atoms with van der Waals surface area (Å²) in [5, 5.41) is 9.91. The molecule has 322 valence electrons. The minimum absolute atomic E-state index is 0.0107. The molecule has 0 amide bonds. The van der Waals surface area contributed by atoms with Gasteiger partial charge >= 0.3 is 5.97 Å². The zero-order valence-corrected chi connectivity index (χ0v) is 42.8. The van der Waals surface area contributed by atoms with Gasteiger partial charge in [-0.25, -0.2) is 0 Å². The van der Waals surface area contributed by atoms with Gasteiger partial charge in [-0.1, -0.05) is 114 Å². The van der Waals surface area contributed by atoms with Gasteiger partial charge in [-0.15, -0.1) is 0 Å². The molecular formula is C46H85NO6Si3. The van der Waals surface area contributed by atoms with E-state index in [0.29, 0.717) is 0 Å². The standard InChI is InChI=1S/C46H85NO6Si3/c1-33(27-28-38(51-54(16,17)43(5,6)7)35(3)30-37-26-23-29-47-32-37)24-22-25-34(2)41(53-56(20,21)45(11,12)13)36(4)42(50)46(14,15)39(31-40(48)49)52-55(18,19)44(8,9)10/h23,26-27,29-30,32,34,36,38-39,41H,22,24-25,28,31H2,1-21H3,(H,48,49)/t34-,36+,38-,39-,41-/m0/s1. The van der Waals surface area contributed by atoms with Gasteiger partial charge < -0.3 is 18.4 Å². The summed E-state index contributed by atoms with van der Waals surface area (Å²) in [6.45, 7) is 45.7. The van der Waals surface area contributed by atoms with Gasteiger partial charge in [0, 0.05) is 23.7 Å². The lowest BCUT2D eigenvalue weighted by Crippen LogP contribution is -2.54. The van der Waals surface area contributed by atoms with Gasteiger partial charge in [-0.2, -0.15) is 0 Å². The van der Waals surface area contributed by atoms with Crippen LogP contribution in [-0.4, -0.2) is 65.1 Å². The fraction of sp³-hybridized carbons (Fsp3) is 0.761. The van der Waals surface area contributed by atoms with Crippen LogP contribution >= 0.6 is 0 Å². The van der Waals surface area contributed by atoms with E-state index in [1.807, 2.05) is 33.0 Å². The van der Waals surface area contributed by atoms with Crippen molar-refractivity contribution in [2.45, 2.75) is 209 Å². The molecule has 0 unspecified atom stereocenters. The topological polar surface area (TPSA) is 95.0 Å². The number of rotatable bonds is 21. The number of aliphatic carboxylic acids is 1. The number of carboxylic acids is 1. The quantitative estimate of drug-likeness (QED) is 0.0973. The highest BCUT2D eigenvalue weighted by molar-refractivity contribution is 6.75. The summed E-state index contributed by atoms with van der Waals surface area (Å²) in [4.78, 5) is 31.2. The van der Waals surface area contributed by atoms with Crippen LogP contribution in [0.1, 0.15) is 142 Å². The summed E-state index contributed by atoms with van der Waals surface area (Å²) in [6, 6.07) is 4.05. The molecule has 10 heteroatoms. The summed E-state index contributed by atoms with van der Waals surface area (Å²) in [5.41, 5.74) is 2.60. The molecule has 0 saturated heterocycles. The summed E-state index contributed by atoms with van der Waals surface area (Å²) >= 11 is 0. The third kappa shape index (κ3) is 15.2. The van der Waals surface area contributed by atoms with E-state index in [9.17, 15) is 14.7 Å². The predicted octanol–water partition coefficient (Wildman–Crippen LogP) is 13.5. The van der Waals surface area contributed by atoms with E-state index in [2.05, 4.69) is 146 Å². The van der Waals surface area contributed by atoms with E-state index in [1.165, 1.54) is 11.1 Å². The highest BCUT2D eigenvalue weighted by atomic mass is 28.4. The summed E-state index contributed by atoms with van der Waals surface area (Å²) < 4.78 is 20.9. The Morgan fingerprint density at radius 2 is 1.30 bits per heavy atom. The highest BCUT2D eigenvalue weighted by Gasteiger charge is 2.50.